The number of imide groups is 1. The van der Waals surface area contributed by atoms with Gasteiger partial charge in [-0.3, -0.25) is 33.7 Å². The van der Waals surface area contributed by atoms with Crippen LogP contribution in [0.5, 0.6) is 0 Å². The fourth-order valence-corrected chi connectivity index (χ4v) is 18.4. The van der Waals surface area contributed by atoms with Gasteiger partial charge in [-0.15, -0.1) is 0 Å². The Hall–Kier alpha value is -8.68. The molecule has 5 aliphatic rings. The summed E-state index contributed by atoms with van der Waals surface area (Å²) in [7, 11) is -7.92. The number of carboxylic acids is 1. The van der Waals surface area contributed by atoms with Crippen molar-refractivity contribution in [2.24, 2.45) is 33.6 Å². The molecular formula is C71H90N12O15S3. The molecule has 4 atom stereocenters. The van der Waals surface area contributed by atoms with Gasteiger partial charge in [0.15, 0.2) is 20.7 Å². The van der Waals surface area contributed by atoms with Crippen LogP contribution in [0.15, 0.2) is 97.0 Å². The maximum Gasteiger partial charge on any atom is 0.410 e. The number of unbranched alkanes of at least 4 members (excludes halogenated alkanes) is 2. The van der Waals surface area contributed by atoms with Crippen molar-refractivity contribution in [3.8, 4) is 11.1 Å². The number of ether oxygens (including phenoxy) is 2. The minimum absolute atomic E-state index is 0.000394. The average molecular weight is 1450 g/mol. The van der Waals surface area contributed by atoms with Gasteiger partial charge in [-0.25, -0.2) is 37.7 Å². The molecule has 4 heterocycles. The van der Waals surface area contributed by atoms with E-state index in [-0.39, 0.29) is 84.9 Å². The molecule has 0 radical (unpaired) electrons. The van der Waals surface area contributed by atoms with Gasteiger partial charge in [0.25, 0.3) is 21.9 Å². The summed E-state index contributed by atoms with van der Waals surface area (Å²) in [5.74, 6) is -4.37. The highest BCUT2D eigenvalue weighted by molar-refractivity contribution is 7.94. The summed E-state index contributed by atoms with van der Waals surface area (Å²) < 4.78 is 73.2. The number of carbonyl (C=O) groups is 7. The van der Waals surface area contributed by atoms with Gasteiger partial charge >= 0.3 is 18.1 Å². The van der Waals surface area contributed by atoms with Crippen LogP contribution in [0.1, 0.15) is 148 Å². The number of aromatic nitrogens is 4. The van der Waals surface area contributed by atoms with E-state index < -0.39 is 91.7 Å². The first-order chi connectivity index (χ1) is 47.8. The first kappa shape index (κ1) is 75.0. The van der Waals surface area contributed by atoms with Crippen molar-refractivity contribution in [2.75, 3.05) is 59.4 Å². The van der Waals surface area contributed by atoms with Crippen LogP contribution in [0.4, 0.5) is 26.2 Å². The van der Waals surface area contributed by atoms with Crippen LogP contribution in [0.2, 0.25) is 0 Å². The molecule has 3 aromatic carbocycles. The number of carbonyl (C=O) groups excluding carboxylic acids is 6. The minimum atomic E-state index is -4.54. The number of amides is 7. The standard InChI is InChI=1S/C71H90N12O15S3/c1-7-100(92,93)33-12-8-9-20-58(84)78-59(45(2)3)62(86)75-55(18-14-28-72)63(87)83(65(73)90)49-23-21-47(22-24-49)37-97-67(91)80(31-34-101(94,95)96)30-32-98-71-41-68(5)38-69(6,42-71)40-70(39-68,43-71)44-82-46(4)52(35-74-82)50-25-26-57(77-60(50)64(88)89)81-29-27-48-15-13-16-51(53(48)36-81)61(85)79-66-76-54-17-10-11-19-56(54)99-66/h7,10-11,13,15-17,19,21-26,35,45,55,59H,1,8-9,12,14,18,20,27-34,36-44,72H2,2-6H3,(H2,73,90)(H,75,86)(H,78,84)(H,88,89)(H,76,79,85)(H,94,95,96)/t55-,59-,68?,69?,70?,71?/m0/s1. The minimum Gasteiger partial charge on any atom is -0.476 e. The van der Waals surface area contributed by atoms with E-state index in [1.807, 2.05) is 59.0 Å². The van der Waals surface area contributed by atoms with Crippen LogP contribution in [-0.2, 0) is 69.9 Å². The number of thiazole rings is 1. The third-order valence-corrected chi connectivity index (χ3v) is 22.8. The second kappa shape index (κ2) is 30.9. The number of hydrogen-bond acceptors (Lipinski definition) is 19. The number of aromatic carboxylic acids is 1. The van der Waals surface area contributed by atoms with Gasteiger partial charge in [-0.05, 0) is 165 Å². The van der Waals surface area contributed by atoms with E-state index in [2.05, 4.69) is 41.4 Å². The molecule has 4 bridgehead atoms. The number of nitrogens with one attached hydrogen (secondary N) is 3. The summed E-state index contributed by atoms with van der Waals surface area (Å²) in [6.07, 6.45) is 7.70. The lowest BCUT2D eigenvalue weighted by Crippen LogP contribution is -2.64. The summed E-state index contributed by atoms with van der Waals surface area (Å²) in [5.41, 5.74) is 15.6. The van der Waals surface area contributed by atoms with E-state index in [9.17, 15) is 60.1 Å². The van der Waals surface area contributed by atoms with E-state index in [4.69, 9.17) is 31.0 Å². The Morgan fingerprint density at radius 1 is 0.842 bits per heavy atom. The largest absolute Gasteiger partial charge is 0.476 e. The van der Waals surface area contributed by atoms with Crippen molar-refractivity contribution < 1.29 is 69.5 Å². The predicted octanol–water partition coefficient (Wildman–Crippen LogP) is 8.93. The average Bonchev–Trinajstić information content (AvgIpc) is 0.703. The van der Waals surface area contributed by atoms with E-state index in [1.54, 1.807) is 32.2 Å². The fraction of sp³-hybridized carbons (Fsp3) is 0.493. The molecule has 4 saturated carbocycles. The quantitative estimate of drug-likeness (QED) is 0.0153. The molecule has 3 aromatic heterocycles. The third kappa shape index (κ3) is 18.2. The Labute approximate surface area is 591 Å². The molecule has 101 heavy (non-hydrogen) atoms. The summed E-state index contributed by atoms with van der Waals surface area (Å²) in [5, 5.41) is 25.4. The maximum atomic E-state index is 14.2. The zero-order valence-corrected chi connectivity index (χ0v) is 60.0. The Kier molecular flexibility index (Phi) is 22.9. The summed E-state index contributed by atoms with van der Waals surface area (Å²) >= 11 is 1.40. The first-order valence-corrected chi connectivity index (χ1v) is 38.1. The highest BCUT2D eigenvalue weighted by Crippen LogP contribution is 2.72. The molecule has 0 saturated heterocycles. The van der Waals surface area contributed by atoms with Gasteiger partial charge in [0.2, 0.25) is 11.8 Å². The smallest absolute Gasteiger partial charge is 0.410 e. The van der Waals surface area contributed by atoms with Crippen LogP contribution in [0.3, 0.4) is 0 Å². The SMILES string of the molecule is C=CS(=O)(=O)CCCCCC(=O)N[C@H](C(=O)N[C@@H](CCCN)C(=O)N(C(N)=O)c1ccc(COC(=O)N(CCOC23CC4(C)CC(C)(CC(Cn5ncc(-c6ccc(N7CCc8cccc(C(=O)Nc9nc%10ccccc%10s9)c8C7)nc6C(=O)O)c5C)(C4)C2)C3)CCS(=O)(=O)O)cc1)C(C)C. The molecule has 6 aromatic rings. The highest BCUT2D eigenvalue weighted by atomic mass is 32.2. The van der Waals surface area contributed by atoms with Gasteiger partial charge in [-0.2, -0.15) is 13.5 Å². The van der Waals surface area contributed by atoms with E-state index in [0.717, 1.165) is 69.4 Å². The van der Waals surface area contributed by atoms with Gasteiger partial charge < -0.3 is 46.5 Å². The summed E-state index contributed by atoms with van der Waals surface area (Å²) in [6, 6.07) is 19.1. The Morgan fingerprint density at radius 2 is 1.57 bits per heavy atom. The van der Waals surface area contributed by atoms with Gasteiger partial charge in [0.05, 0.1) is 45.8 Å². The van der Waals surface area contributed by atoms with Crippen LogP contribution >= 0.6 is 11.3 Å². The molecule has 27 nitrogen and oxygen atoms in total. The molecule has 7 amide bonds. The number of sulfone groups is 1. The number of nitrogens with zero attached hydrogens (tertiary/aromatic N) is 7. The van der Waals surface area contributed by atoms with Crippen LogP contribution in [0, 0.1) is 29.1 Å². The van der Waals surface area contributed by atoms with Crippen molar-refractivity contribution in [3.05, 3.63) is 131 Å². The van der Waals surface area contributed by atoms with Gasteiger partial charge in [0, 0.05) is 66.9 Å². The number of para-hydroxylation sites is 1. The summed E-state index contributed by atoms with van der Waals surface area (Å²) in [4.78, 5) is 108. The van der Waals surface area contributed by atoms with Gasteiger partial charge in [0.1, 0.15) is 24.5 Å². The molecule has 542 valence electrons. The number of nitrogens with two attached hydrogens (primary N) is 2. The Bertz CT molecular complexity index is 4320. The zero-order valence-electron chi connectivity index (χ0n) is 57.6. The molecular weight excluding hydrogens is 1360 g/mol. The first-order valence-electron chi connectivity index (χ1n) is 34.0. The molecule has 4 aliphatic carbocycles. The zero-order chi connectivity index (χ0) is 72.8. The number of anilines is 3. The Morgan fingerprint density at radius 3 is 2.25 bits per heavy atom. The van der Waals surface area contributed by atoms with Crippen LogP contribution in [-0.4, -0.2) is 155 Å². The molecule has 4 fully saturated rings. The maximum absolute atomic E-state index is 14.2. The molecule has 11 rings (SSSR count). The van der Waals surface area contributed by atoms with Crippen LogP contribution < -0.4 is 37.2 Å². The normalized spacial score (nSPS) is 20.6. The molecule has 1 aliphatic heterocycles. The molecule has 0 spiro atoms. The van der Waals surface area contributed by atoms with E-state index in [1.165, 1.54) is 35.6 Å². The monoisotopic (exact) mass is 1450 g/mol. The van der Waals surface area contributed by atoms with E-state index >= 15 is 0 Å². The third-order valence-electron chi connectivity index (χ3n) is 19.8. The van der Waals surface area contributed by atoms with Crippen molar-refractivity contribution in [1.29, 1.82) is 0 Å². The second-order valence-corrected chi connectivity index (χ2v) is 33.2. The topological polar surface area (TPSA) is 388 Å². The number of carboxylic acid groups (broad SMARTS) is 1. The van der Waals surface area contributed by atoms with Crippen molar-refractivity contribution >= 4 is 99.9 Å². The summed E-state index contributed by atoms with van der Waals surface area (Å²) in [6.45, 7) is 13.9. The number of hydrogen-bond donors (Lipinski definition) is 7. The van der Waals surface area contributed by atoms with Crippen molar-refractivity contribution in [2.45, 2.75) is 155 Å². The molecule has 9 N–H and O–H groups in total. The van der Waals surface area contributed by atoms with Crippen molar-refractivity contribution in [1.82, 2.24) is 35.3 Å². The predicted molar refractivity (Wildman–Crippen MR) is 382 cm³/mol. The number of urea groups is 1. The molecule has 30 heteroatoms. The number of rotatable bonds is 32. The van der Waals surface area contributed by atoms with Crippen molar-refractivity contribution in [3.63, 3.8) is 0 Å². The Balaban J connectivity index is 0.770. The lowest BCUT2D eigenvalue weighted by atomic mass is 9.39. The van der Waals surface area contributed by atoms with E-state index in [0.29, 0.717) is 89.8 Å². The second-order valence-electron chi connectivity index (χ2n) is 28.6. The lowest BCUT2D eigenvalue weighted by Gasteiger charge is -2.69. The molecule has 2 unspecified atom stereocenters. The number of pyridine rings is 1. The number of fused-ring (bicyclic) bond motifs is 2. The van der Waals surface area contributed by atoms with Crippen LogP contribution in [0.25, 0.3) is 21.3 Å². The fourth-order valence-electron chi connectivity index (χ4n) is 16.3. The number of primary amides is 1. The lowest BCUT2D eigenvalue weighted by molar-refractivity contribution is -0.248. The highest BCUT2D eigenvalue weighted by Gasteiger charge is 2.66. The van der Waals surface area contributed by atoms with Gasteiger partial charge in [-0.1, -0.05) is 88.4 Å². The number of benzene rings is 3.